The number of ether oxygens (including phenoxy) is 1. The predicted molar refractivity (Wildman–Crippen MR) is 203 cm³/mol. The van der Waals surface area contributed by atoms with Crippen molar-refractivity contribution in [1.82, 2.24) is 0 Å². The molecule has 1 aliphatic carbocycles. The van der Waals surface area contributed by atoms with E-state index in [1.807, 2.05) is 12.1 Å². The van der Waals surface area contributed by atoms with Crippen molar-refractivity contribution in [3.8, 4) is 22.6 Å². The Bertz CT molecular complexity index is 2770. The average Bonchev–Trinajstić information content (AvgIpc) is 3.55. The number of fused-ring (bicyclic) bond motifs is 11. The van der Waals surface area contributed by atoms with Crippen LogP contribution < -0.4 is 9.64 Å². The minimum Gasteiger partial charge on any atom is -0.457 e. The number of para-hydroxylation sites is 4. The van der Waals surface area contributed by atoms with Gasteiger partial charge in [-0.05, 0) is 76.2 Å². The molecule has 1 aromatic heterocycles. The van der Waals surface area contributed by atoms with E-state index < -0.39 is 5.41 Å². The van der Waals surface area contributed by atoms with Gasteiger partial charge >= 0.3 is 0 Å². The Morgan fingerprint density at radius 1 is 0.400 bits per heavy atom. The molecular weight excluding hydrogens is 611 g/mol. The number of hydrogen-bond donors (Lipinski definition) is 0. The van der Waals surface area contributed by atoms with E-state index in [4.69, 9.17) is 9.15 Å². The van der Waals surface area contributed by atoms with Crippen LogP contribution in [0.3, 0.4) is 0 Å². The van der Waals surface area contributed by atoms with Crippen LogP contribution in [-0.2, 0) is 5.41 Å². The molecule has 3 nitrogen and oxygen atoms in total. The van der Waals surface area contributed by atoms with Gasteiger partial charge in [-0.3, -0.25) is 0 Å². The van der Waals surface area contributed by atoms with Crippen LogP contribution in [-0.4, -0.2) is 0 Å². The van der Waals surface area contributed by atoms with Gasteiger partial charge in [-0.1, -0.05) is 121 Å². The van der Waals surface area contributed by atoms with Gasteiger partial charge in [-0.2, -0.15) is 0 Å². The number of rotatable bonds is 3. The zero-order valence-corrected chi connectivity index (χ0v) is 27.0. The zero-order chi connectivity index (χ0) is 32.8. The Hall–Kier alpha value is -6.58. The molecule has 0 fully saturated rings. The van der Waals surface area contributed by atoms with E-state index in [9.17, 15) is 0 Å². The lowest BCUT2D eigenvalue weighted by atomic mass is 9.58. The Kier molecular flexibility index (Phi) is 5.59. The summed E-state index contributed by atoms with van der Waals surface area (Å²) in [6.07, 6.45) is 0. The molecule has 0 bridgehead atoms. The van der Waals surface area contributed by atoms with Crippen LogP contribution in [0.2, 0.25) is 0 Å². The van der Waals surface area contributed by atoms with E-state index in [2.05, 4.69) is 169 Å². The summed E-state index contributed by atoms with van der Waals surface area (Å²) >= 11 is 0. The van der Waals surface area contributed by atoms with Gasteiger partial charge in [-0.25, -0.2) is 0 Å². The fourth-order valence-corrected chi connectivity index (χ4v) is 8.75. The first kappa shape index (κ1) is 27.4. The molecule has 2 heterocycles. The van der Waals surface area contributed by atoms with Crippen molar-refractivity contribution in [2.75, 3.05) is 4.90 Å². The van der Waals surface area contributed by atoms with E-state index in [0.29, 0.717) is 0 Å². The Morgan fingerprint density at radius 3 is 1.86 bits per heavy atom. The fourth-order valence-electron chi connectivity index (χ4n) is 8.75. The molecular formula is C47H29NO2. The summed E-state index contributed by atoms with van der Waals surface area (Å²) in [6.45, 7) is 0. The number of nitrogens with zero attached hydrogens (tertiary/aromatic N) is 1. The summed E-state index contributed by atoms with van der Waals surface area (Å²) in [5.74, 6) is 1.78. The third-order valence-corrected chi connectivity index (χ3v) is 10.7. The maximum Gasteiger partial charge on any atom is 0.137 e. The molecule has 11 rings (SSSR count). The van der Waals surface area contributed by atoms with E-state index >= 15 is 0 Å². The molecule has 0 radical (unpaired) electrons. The van der Waals surface area contributed by atoms with Crippen molar-refractivity contribution in [2.24, 2.45) is 0 Å². The minimum absolute atomic E-state index is 0.572. The monoisotopic (exact) mass is 639 g/mol. The normalized spacial score (nSPS) is 13.5. The molecule has 3 heteroatoms. The van der Waals surface area contributed by atoms with Gasteiger partial charge in [0.05, 0.1) is 11.1 Å². The summed E-state index contributed by atoms with van der Waals surface area (Å²) in [5, 5.41) is 4.68. The zero-order valence-electron chi connectivity index (χ0n) is 27.0. The summed E-state index contributed by atoms with van der Waals surface area (Å²) in [5.41, 5.74) is 11.7. The van der Waals surface area contributed by atoms with Gasteiger partial charge in [0.15, 0.2) is 0 Å². The molecule has 0 unspecified atom stereocenters. The van der Waals surface area contributed by atoms with Crippen LogP contribution in [0.25, 0.3) is 43.8 Å². The predicted octanol–water partition coefficient (Wildman–Crippen LogP) is 12.7. The van der Waals surface area contributed by atoms with Crippen molar-refractivity contribution < 1.29 is 9.15 Å². The molecule has 0 saturated heterocycles. The largest absolute Gasteiger partial charge is 0.457 e. The summed E-state index contributed by atoms with van der Waals surface area (Å²) in [7, 11) is 0. The van der Waals surface area contributed by atoms with Crippen molar-refractivity contribution >= 4 is 49.8 Å². The molecule has 0 N–H and O–H groups in total. The first-order valence-electron chi connectivity index (χ1n) is 17.1. The Labute approximate surface area is 289 Å². The van der Waals surface area contributed by atoms with E-state index in [-0.39, 0.29) is 0 Å². The maximum absolute atomic E-state index is 6.62. The fraction of sp³-hybridized carbons (Fsp3) is 0.0213. The van der Waals surface area contributed by atoms with Gasteiger partial charge in [0.1, 0.15) is 22.7 Å². The molecule has 9 aromatic rings. The molecule has 1 aliphatic heterocycles. The van der Waals surface area contributed by atoms with Crippen LogP contribution in [0.4, 0.5) is 17.1 Å². The highest BCUT2D eigenvalue weighted by atomic mass is 16.5. The molecule has 8 aromatic carbocycles. The van der Waals surface area contributed by atoms with Gasteiger partial charge in [0.25, 0.3) is 0 Å². The highest BCUT2D eigenvalue weighted by Gasteiger charge is 2.49. The number of benzene rings is 8. The van der Waals surface area contributed by atoms with Crippen molar-refractivity contribution in [2.45, 2.75) is 5.41 Å². The molecule has 0 atom stereocenters. The lowest BCUT2D eigenvalue weighted by Gasteiger charge is -2.45. The molecule has 234 valence electrons. The molecule has 0 saturated carbocycles. The average molecular weight is 640 g/mol. The summed E-state index contributed by atoms with van der Waals surface area (Å²) < 4.78 is 13.0. The molecule has 0 amide bonds. The quantitative estimate of drug-likeness (QED) is 0.192. The first-order valence-corrected chi connectivity index (χ1v) is 17.1. The van der Waals surface area contributed by atoms with Crippen molar-refractivity contribution in [3.63, 3.8) is 0 Å². The Balaban J connectivity index is 1.24. The summed E-state index contributed by atoms with van der Waals surface area (Å²) in [4.78, 5) is 2.37. The van der Waals surface area contributed by atoms with Gasteiger partial charge in [0.2, 0.25) is 0 Å². The van der Waals surface area contributed by atoms with E-state index in [1.165, 1.54) is 33.0 Å². The van der Waals surface area contributed by atoms with Crippen LogP contribution >= 0.6 is 0 Å². The highest BCUT2D eigenvalue weighted by molar-refractivity contribution is 6.12. The first-order chi connectivity index (χ1) is 24.8. The molecule has 50 heavy (non-hydrogen) atoms. The van der Waals surface area contributed by atoms with E-state index in [1.54, 1.807) is 0 Å². The van der Waals surface area contributed by atoms with Crippen LogP contribution in [0.15, 0.2) is 180 Å². The Morgan fingerprint density at radius 2 is 1.04 bits per heavy atom. The smallest absolute Gasteiger partial charge is 0.137 e. The van der Waals surface area contributed by atoms with Crippen LogP contribution in [0, 0.1) is 0 Å². The molecule has 2 aliphatic rings. The van der Waals surface area contributed by atoms with Crippen molar-refractivity contribution in [1.29, 1.82) is 0 Å². The second-order valence-corrected chi connectivity index (χ2v) is 13.2. The second-order valence-electron chi connectivity index (χ2n) is 13.2. The van der Waals surface area contributed by atoms with Gasteiger partial charge in [-0.15, -0.1) is 0 Å². The lowest BCUT2D eigenvalue weighted by molar-refractivity contribution is 0.435. The van der Waals surface area contributed by atoms with Crippen LogP contribution in [0.1, 0.15) is 22.3 Å². The third-order valence-electron chi connectivity index (χ3n) is 10.7. The van der Waals surface area contributed by atoms with Gasteiger partial charge < -0.3 is 14.1 Å². The number of hydrogen-bond acceptors (Lipinski definition) is 3. The molecule has 1 spiro atoms. The number of anilines is 3. The SMILES string of the molecule is c1ccc(N(c2ccc3c(c2)oc2ccccc23)c2ccc3c4c(cccc24)C2(c4ccccc4Oc4ccccc42)c2ccccc2-3)cc1. The maximum atomic E-state index is 6.62. The standard InChI is InChI=1S/C47H29NO2/c1-2-13-30(14-3-1)48(31-25-26-34-33-16-5-9-22-42(33)49-45(34)29-31)41-28-27-35-32-15-4-6-18-37(32)47(40-21-12-17-36(41)46(35)40)38-19-7-10-23-43(38)50-44-24-11-8-20-39(44)47/h1-29H. The second kappa shape index (κ2) is 10.2. The minimum atomic E-state index is -0.572. The number of furan rings is 1. The van der Waals surface area contributed by atoms with Crippen LogP contribution in [0.5, 0.6) is 11.5 Å². The topological polar surface area (TPSA) is 25.6 Å². The third kappa shape index (κ3) is 3.58. The van der Waals surface area contributed by atoms with Crippen molar-refractivity contribution in [3.05, 3.63) is 198 Å². The summed E-state index contributed by atoms with van der Waals surface area (Å²) in [6, 6.07) is 63.0. The van der Waals surface area contributed by atoms with Gasteiger partial charge in [0, 0.05) is 44.7 Å². The lowest BCUT2D eigenvalue weighted by Crippen LogP contribution is -2.36. The highest BCUT2D eigenvalue weighted by Crippen LogP contribution is 2.61. The van der Waals surface area contributed by atoms with E-state index in [0.717, 1.165) is 61.6 Å².